The maximum Gasteiger partial charge on any atom is 0.370 e. The summed E-state index contributed by atoms with van der Waals surface area (Å²) in [6.45, 7) is 1.39. The molecule has 0 radical (unpaired) electrons. The van der Waals surface area contributed by atoms with Crippen molar-refractivity contribution < 1.29 is 14.2 Å². The summed E-state index contributed by atoms with van der Waals surface area (Å²) < 4.78 is 10.7. The van der Waals surface area contributed by atoms with E-state index in [1.807, 2.05) is 5.32 Å². The fourth-order valence-corrected chi connectivity index (χ4v) is 1.36. The van der Waals surface area contributed by atoms with Gasteiger partial charge in [-0.3, -0.25) is 15.4 Å². The standard InChI is InChI=1S/C4H5N2O3P/c1-10(9)3-2(7)5-4(8)6-3/h3H,1H3,(H-,5,6,7,8)/p+1. The van der Waals surface area contributed by atoms with Crippen molar-refractivity contribution in [3.63, 3.8) is 0 Å². The third kappa shape index (κ3) is 1.14. The Morgan fingerprint density at radius 2 is 2.10 bits per heavy atom. The maximum atomic E-state index is 10.7. The lowest BCUT2D eigenvalue weighted by Crippen LogP contribution is -2.24. The van der Waals surface area contributed by atoms with Gasteiger partial charge in [-0.25, -0.2) is 4.79 Å². The zero-order chi connectivity index (χ0) is 7.72. The van der Waals surface area contributed by atoms with Crippen molar-refractivity contribution in [2.45, 2.75) is 5.78 Å². The van der Waals surface area contributed by atoms with Crippen molar-refractivity contribution in [1.29, 1.82) is 0 Å². The minimum Gasteiger partial charge on any atom is -0.286 e. The Hall–Kier alpha value is -0.960. The molecular weight excluding hydrogens is 155 g/mol. The van der Waals surface area contributed by atoms with Crippen LogP contribution in [0.4, 0.5) is 4.79 Å². The first-order valence-electron chi connectivity index (χ1n) is 2.62. The van der Waals surface area contributed by atoms with Gasteiger partial charge >= 0.3 is 25.5 Å². The van der Waals surface area contributed by atoms with Crippen molar-refractivity contribution >= 4 is 19.7 Å². The van der Waals surface area contributed by atoms with E-state index in [4.69, 9.17) is 0 Å². The molecule has 10 heavy (non-hydrogen) atoms. The largest absolute Gasteiger partial charge is 0.370 e. The summed E-state index contributed by atoms with van der Waals surface area (Å²) >= 11 is 0. The van der Waals surface area contributed by atoms with Gasteiger partial charge in [0.15, 0.2) is 0 Å². The number of urea groups is 1. The summed E-state index contributed by atoms with van der Waals surface area (Å²) in [4.78, 5) is 21.0. The zero-order valence-electron chi connectivity index (χ0n) is 5.25. The molecule has 1 fully saturated rings. The van der Waals surface area contributed by atoms with Crippen LogP contribution in [0.15, 0.2) is 0 Å². The topological polar surface area (TPSA) is 75.3 Å². The first kappa shape index (κ1) is 7.15. The molecule has 3 amide bonds. The van der Waals surface area contributed by atoms with Gasteiger partial charge in [-0.05, 0) is 0 Å². The smallest absolute Gasteiger partial charge is 0.286 e. The number of carbonyl (C=O) groups excluding carboxylic acids is 2. The van der Waals surface area contributed by atoms with Crippen LogP contribution in [0.5, 0.6) is 0 Å². The predicted octanol–water partition coefficient (Wildman–Crippen LogP) is -0.391. The van der Waals surface area contributed by atoms with Crippen LogP contribution >= 0.6 is 7.80 Å². The van der Waals surface area contributed by atoms with Gasteiger partial charge in [-0.15, -0.1) is 0 Å². The lowest BCUT2D eigenvalue weighted by atomic mass is 10.6. The second-order valence-electron chi connectivity index (χ2n) is 1.91. The number of amides is 3. The minimum absolute atomic E-state index is 0.506. The molecule has 1 aliphatic heterocycles. The Labute approximate surface area is 58.0 Å². The van der Waals surface area contributed by atoms with E-state index in [9.17, 15) is 14.2 Å². The number of imide groups is 1. The van der Waals surface area contributed by atoms with Gasteiger partial charge < -0.3 is 0 Å². The van der Waals surface area contributed by atoms with Crippen molar-refractivity contribution in [1.82, 2.24) is 10.6 Å². The number of hydrogen-bond donors (Lipinski definition) is 2. The first-order chi connectivity index (χ1) is 4.61. The van der Waals surface area contributed by atoms with E-state index in [-0.39, 0.29) is 0 Å². The van der Waals surface area contributed by atoms with Crippen LogP contribution in [0.3, 0.4) is 0 Å². The highest BCUT2D eigenvalue weighted by molar-refractivity contribution is 7.45. The second-order valence-corrected chi connectivity index (χ2v) is 3.52. The third-order valence-corrected chi connectivity index (χ3v) is 2.21. The van der Waals surface area contributed by atoms with Crippen LogP contribution in [-0.2, 0) is 9.36 Å². The fraction of sp³-hybridized carbons (Fsp3) is 0.500. The van der Waals surface area contributed by atoms with E-state index in [0.29, 0.717) is 0 Å². The van der Waals surface area contributed by atoms with Gasteiger partial charge in [0.25, 0.3) is 0 Å². The lowest BCUT2D eigenvalue weighted by molar-refractivity contribution is -0.118. The van der Waals surface area contributed by atoms with E-state index in [0.717, 1.165) is 0 Å². The van der Waals surface area contributed by atoms with Gasteiger partial charge in [0, 0.05) is 0 Å². The monoisotopic (exact) mass is 161 g/mol. The molecule has 0 aromatic rings. The number of carbonyl (C=O) groups is 2. The molecule has 2 unspecified atom stereocenters. The molecular formula is C4H6N2O3P+. The average molecular weight is 161 g/mol. The number of rotatable bonds is 1. The summed E-state index contributed by atoms with van der Waals surface area (Å²) in [5, 5.41) is 4.20. The predicted molar refractivity (Wildman–Crippen MR) is 34.0 cm³/mol. The Balaban J connectivity index is 2.72. The molecule has 0 aromatic heterocycles. The Kier molecular flexibility index (Phi) is 1.68. The van der Waals surface area contributed by atoms with Crippen LogP contribution in [0.1, 0.15) is 0 Å². The van der Waals surface area contributed by atoms with Crippen molar-refractivity contribution in [3.8, 4) is 0 Å². The van der Waals surface area contributed by atoms with Gasteiger partial charge in [0.1, 0.15) is 6.66 Å². The molecule has 5 nitrogen and oxygen atoms in total. The van der Waals surface area contributed by atoms with Crippen LogP contribution in [0.25, 0.3) is 0 Å². The fourth-order valence-electron chi connectivity index (χ4n) is 0.662. The summed E-state index contributed by atoms with van der Waals surface area (Å²) in [5.74, 6) is -1.34. The van der Waals surface area contributed by atoms with Gasteiger partial charge in [0.2, 0.25) is 0 Å². The molecule has 1 aliphatic rings. The number of nitrogens with one attached hydrogen (secondary N) is 2. The Bertz CT molecular complexity index is 215. The SMILES string of the molecule is C[P+](=O)C1NC(=O)NC1=O. The average Bonchev–Trinajstić information content (AvgIpc) is 2.10. The molecule has 0 bridgehead atoms. The van der Waals surface area contributed by atoms with E-state index in [1.54, 1.807) is 0 Å². The van der Waals surface area contributed by atoms with Gasteiger partial charge in [0.05, 0.1) is 0 Å². The summed E-state index contributed by atoms with van der Waals surface area (Å²) in [6, 6.07) is -0.569. The maximum absolute atomic E-state index is 10.7. The molecule has 0 aliphatic carbocycles. The van der Waals surface area contributed by atoms with Crippen molar-refractivity contribution in [2.24, 2.45) is 0 Å². The highest BCUT2D eigenvalue weighted by Crippen LogP contribution is 2.22. The zero-order valence-corrected chi connectivity index (χ0v) is 6.14. The summed E-state index contributed by atoms with van der Waals surface area (Å²) in [5.41, 5.74) is 0. The van der Waals surface area contributed by atoms with E-state index in [2.05, 4.69) is 5.32 Å². The Morgan fingerprint density at radius 1 is 1.50 bits per heavy atom. The Morgan fingerprint density at radius 3 is 2.30 bits per heavy atom. The highest BCUT2D eigenvalue weighted by atomic mass is 31.1. The van der Waals surface area contributed by atoms with Gasteiger partial charge in [-0.2, -0.15) is 0 Å². The molecule has 2 N–H and O–H groups in total. The molecule has 1 heterocycles. The summed E-state index contributed by atoms with van der Waals surface area (Å²) in [6.07, 6.45) is 0. The molecule has 1 rings (SSSR count). The van der Waals surface area contributed by atoms with Crippen LogP contribution < -0.4 is 10.6 Å². The molecule has 2 atom stereocenters. The second kappa shape index (κ2) is 2.34. The van der Waals surface area contributed by atoms with Crippen molar-refractivity contribution in [2.75, 3.05) is 6.66 Å². The first-order valence-corrected chi connectivity index (χ1v) is 4.40. The molecule has 0 aromatic carbocycles. The van der Waals surface area contributed by atoms with Crippen molar-refractivity contribution in [3.05, 3.63) is 0 Å². The third-order valence-electron chi connectivity index (χ3n) is 1.12. The van der Waals surface area contributed by atoms with Crippen LogP contribution in [-0.4, -0.2) is 24.4 Å². The molecule has 0 saturated carbocycles. The molecule has 0 spiro atoms. The molecule has 6 heteroatoms. The normalized spacial score (nSPS) is 25.7. The summed E-state index contributed by atoms with van der Waals surface area (Å²) in [7, 11) is -1.66. The lowest BCUT2D eigenvalue weighted by Gasteiger charge is -1.87. The minimum atomic E-state index is -1.66. The highest BCUT2D eigenvalue weighted by Gasteiger charge is 2.41. The van der Waals surface area contributed by atoms with Gasteiger partial charge in [-0.1, -0.05) is 4.57 Å². The van der Waals surface area contributed by atoms with E-state index < -0.39 is 25.5 Å². The molecule has 1 saturated heterocycles. The van der Waals surface area contributed by atoms with E-state index >= 15 is 0 Å². The quantitative estimate of drug-likeness (QED) is 0.406. The number of hydrogen-bond acceptors (Lipinski definition) is 3. The molecule has 54 valence electrons. The van der Waals surface area contributed by atoms with E-state index in [1.165, 1.54) is 6.66 Å². The van der Waals surface area contributed by atoms with Crippen LogP contribution in [0.2, 0.25) is 0 Å². The van der Waals surface area contributed by atoms with Crippen LogP contribution in [0, 0.1) is 0 Å².